The molecule has 0 aromatic heterocycles. The second-order valence-corrected chi connectivity index (χ2v) is 17.2. The number of nitrogens with one attached hydrogen (secondary N) is 1. The van der Waals surface area contributed by atoms with E-state index in [9.17, 15) is 40.5 Å². The van der Waals surface area contributed by atoms with Crippen LogP contribution in [0.15, 0.2) is 12.2 Å². The molecule has 58 heavy (non-hydrogen) atoms. The van der Waals surface area contributed by atoms with Crippen LogP contribution >= 0.6 is 0 Å². The van der Waals surface area contributed by atoms with E-state index in [1.807, 2.05) is 0 Å². The minimum Gasteiger partial charge on any atom is -0.394 e. The summed E-state index contributed by atoms with van der Waals surface area (Å²) in [6, 6.07) is -1.18. The van der Waals surface area contributed by atoms with Gasteiger partial charge in [-0.25, -0.2) is 0 Å². The van der Waals surface area contributed by atoms with E-state index in [1.54, 1.807) is 0 Å². The highest BCUT2D eigenvalue weighted by atomic mass is 16.7. The van der Waals surface area contributed by atoms with Crippen LogP contribution in [0.3, 0.4) is 0 Å². The summed E-state index contributed by atoms with van der Waals surface area (Å²) in [5.74, 6) is -0.704. The monoisotopic (exact) mass is 830 g/mol. The normalized spacial score (nSPS) is 22.0. The highest BCUT2D eigenvalue weighted by molar-refractivity contribution is 5.80. The van der Waals surface area contributed by atoms with Crippen LogP contribution in [0.25, 0.3) is 0 Å². The van der Waals surface area contributed by atoms with Crippen LogP contribution in [0, 0.1) is 0 Å². The quantitative estimate of drug-likeness (QED) is 0.0222. The predicted molar refractivity (Wildman–Crippen MR) is 233 cm³/mol. The van der Waals surface area contributed by atoms with Crippen LogP contribution in [0.2, 0.25) is 0 Å². The van der Waals surface area contributed by atoms with Gasteiger partial charge in [-0.3, -0.25) is 4.79 Å². The number of aliphatic hydroxyl groups excluding tert-OH is 7. The molecule has 0 spiro atoms. The molecule has 9 unspecified atom stereocenters. The van der Waals surface area contributed by atoms with E-state index in [4.69, 9.17) is 9.47 Å². The first-order valence-electron chi connectivity index (χ1n) is 24.1. The number of aliphatic hydroxyl groups is 7. The molecule has 1 aliphatic heterocycles. The number of ether oxygens (including phenoxy) is 2. The van der Waals surface area contributed by atoms with Crippen molar-refractivity contribution in [3.63, 3.8) is 0 Å². The molecule has 1 rings (SSSR count). The fourth-order valence-corrected chi connectivity index (χ4v) is 7.79. The molecular formula is C47H91NO10. The van der Waals surface area contributed by atoms with Crippen molar-refractivity contribution in [3.8, 4) is 0 Å². The van der Waals surface area contributed by atoms with Crippen LogP contribution in [0.1, 0.15) is 213 Å². The van der Waals surface area contributed by atoms with E-state index < -0.39 is 74.2 Å². The second kappa shape index (κ2) is 37.6. The van der Waals surface area contributed by atoms with E-state index in [0.29, 0.717) is 12.8 Å². The molecule has 0 bridgehead atoms. The Morgan fingerprint density at radius 1 is 0.586 bits per heavy atom. The van der Waals surface area contributed by atoms with Crippen molar-refractivity contribution in [1.29, 1.82) is 0 Å². The highest BCUT2D eigenvalue weighted by Crippen LogP contribution is 2.23. The van der Waals surface area contributed by atoms with Crippen molar-refractivity contribution < 1.29 is 50.0 Å². The molecule has 0 saturated carbocycles. The Morgan fingerprint density at radius 2 is 1.02 bits per heavy atom. The lowest BCUT2D eigenvalue weighted by Crippen LogP contribution is -2.60. The minimum atomic E-state index is -1.66. The molecule has 0 radical (unpaired) electrons. The zero-order valence-electron chi connectivity index (χ0n) is 37.0. The van der Waals surface area contributed by atoms with Crippen LogP contribution < -0.4 is 5.32 Å². The van der Waals surface area contributed by atoms with Gasteiger partial charge in [-0.1, -0.05) is 187 Å². The summed E-state index contributed by atoms with van der Waals surface area (Å²) in [5, 5.41) is 75.6. The SMILES string of the molecule is CCCCCCCCCCC=CCCCC(O)C(O)C(COC1OC(CO)C(O)C(O)C1O)NC(=O)C(O)CCCCCCCCCCCCCCCCCCCC. The molecule has 1 aliphatic rings. The molecule has 0 aromatic carbocycles. The van der Waals surface area contributed by atoms with Crippen molar-refractivity contribution in [2.24, 2.45) is 0 Å². The van der Waals surface area contributed by atoms with E-state index in [0.717, 1.165) is 38.5 Å². The molecule has 11 nitrogen and oxygen atoms in total. The lowest BCUT2D eigenvalue weighted by atomic mass is 9.98. The smallest absolute Gasteiger partial charge is 0.249 e. The van der Waals surface area contributed by atoms with Gasteiger partial charge in [-0.2, -0.15) is 0 Å². The first-order valence-corrected chi connectivity index (χ1v) is 24.1. The van der Waals surface area contributed by atoms with Crippen LogP contribution in [-0.2, 0) is 14.3 Å². The first-order chi connectivity index (χ1) is 28.2. The van der Waals surface area contributed by atoms with Gasteiger partial charge < -0.3 is 50.5 Å². The first kappa shape index (κ1) is 54.9. The standard InChI is InChI=1S/C47H91NO10/c1-3-5-7-9-11-13-15-17-18-19-20-21-23-25-27-29-31-33-35-40(51)46(56)48-38(37-57-47-45(55)44(54)43(53)41(36-49)58-47)42(52)39(50)34-32-30-28-26-24-22-16-14-12-10-8-6-4-2/h26,28,38-45,47,49-55H,3-25,27,29-37H2,1-2H3,(H,48,56). The fourth-order valence-electron chi connectivity index (χ4n) is 7.79. The van der Waals surface area contributed by atoms with Crippen molar-refractivity contribution in [3.05, 3.63) is 12.2 Å². The molecule has 344 valence electrons. The summed E-state index contributed by atoms with van der Waals surface area (Å²) in [5.41, 5.74) is 0. The summed E-state index contributed by atoms with van der Waals surface area (Å²) in [7, 11) is 0. The van der Waals surface area contributed by atoms with Gasteiger partial charge in [0.25, 0.3) is 0 Å². The molecule has 0 aromatic rings. The molecule has 8 N–H and O–H groups in total. The third kappa shape index (κ3) is 26.9. The summed E-state index contributed by atoms with van der Waals surface area (Å²) in [6.07, 6.45) is 28.3. The zero-order valence-corrected chi connectivity index (χ0v) is 37.0. The molecule has 0 aliphatic carbocycles. The maximum atomic E-state index is 13.1. The van der Waals surface area contributed by atoms with E-state index in [-0.39, 0.29) is 12.8 Å². The molecule has 1 saturated heterocycles. The number of hydrogen-bond donors (Lipinski definition) is 8. The van der Waals surface area contributed by atoms with Crippen molar-refractivity contribution in [1.82, 2.24) is 5.32 Å². The number of hydrogen-bond acceptors (Lipinski definition) is 10. The van der Waals surface area contributed by atoms with Crippen molar-refractivity contribution >= 4 is 5.91 Å². The fraction of sp³-hybridized carbons (Fsp3) is 0.936. The van der Waals surface area contributed by atoms with Gasteiger partial charge in [0, 0.05) is 0 Å². The van der Waals surface area contributed by atoms with Crippen molar-refractivity contribution in [2.45, 2.75) is 268 Å². The summed E-state index contributed by atoms with van der Waals surface area (Å²) < 4.78 is 11.1. The second-order valence-electron chi connectivity index (χ2n) is 17.2. The Balaban J connectivity index is 2.43. The number of allylic oxidation sites excluding steroid dienone is 2. The van der Waals surface area contributed by atoms with Gasteiger partial charge in [-0.05, 0) is 38.5 Å². The van der Waals surface area contributed by atoms with Gasteiger partial charge in [-0.15, -0.1) is 0 Å². The Morgan fingerprint density at radius 3 is 1.48 bits per heavy atom. The lowest BCUT2D eigenvalue weighted by Gasteiger charge is -2.40. The number of carbonyl (C=O) groups excluding carboxylic acids is 1. The number of carbonyl (C=O) groups is 1. The minimum absolute atomic E-state index is 0.259. The molecule has 1 fully saturated rings. The average Bonchev–Trinajstić information content (AvgIpc) is 3.22. The number of unbranched alkanes of at least 4 members (excludes halogenated alkanes) is 26. The largest absolute Gasteiger partial charge is 0.394 e. The number of amides is 1. The van der Waals surface area contributed by atoms with Crippen LogP contribution in [0.4, 0.5) is 0 Å². The maximum absolute atomic E-state index is 13.1. The van der Waals surface area contributed by atoms with E-state index in [1.165, 1.54) is 135 Å². The van der Waals surface area contributed by atoms with Crippen molar-refractivity contribution in [2.75, 3.05) is 13.2 Å². The van der Waals surface area contributed by atoms with Gasteiger partial charge in [0.1, 0.15) is 36.6 Å². The molecule has 1 heterocycles. The Kier molecular flexibility index (Phi) is 35.6. The maximum Gasteiger partial charge on any atom is 0.249 e. The van der Waals surface area contributed by atoms with Crippen LogP contribution in [0.5, 0.6) is 0 Å². The Hall–Kier alpha value is -1.15. The lowest BCUT2D eigenvalue weighted by molar-refractivity contribution is -0.303. The molecule has 9 atom stereocenters. The Bertz CT molecular complexity index is 954. The van der Waals surface area contributed by atoms with Gasteiger partial charge in [0.2, 0.25) is 5.91 Å². The topological polar surface area (TPSA) is 189 Å². The third-order valence-electron chi connectivity index (χ3n) is 11.8. The number of rotatable bonds is 40. The Labute approximate surface area is 353 Å². The molecular weight excluding hydrogens is 739 g/mol. The van der Waals surface area contributed by atoms with E-state index >= 15 is 0 Å². The van der Waals surface area contributed by atoms with E-state index in [2.05, 4.69) is 31.3 Å². The summed E-state index contributed by atoms with van der Waals surface area (Å²) >= 11 is 0. The van der Waals surface area contributed by atoms with Gasteiger partial charge in [0.05, 0.1) is 25.4 Å². The summed E-state index contributed by atoms with van der Waals surface area (Å²) in [4.78, 5) is 13.1. The predicted octanol–water partition coefficient (Wildman–Crippen LogP) is 8.06. The third-order valence-corrected chi connectivity index (χ3v) is 11.8. The van der Waals surface area contributed by atoms with Gasteiger partial charge >= 0.3 is 0 Å². The zero-order chi connectivity index (χ0) is 42.6. The molecule has 1 amide bonds. The molecule has 11 heteroatoms. The average molecular weight is 830 g/mol. The van der Waals surface area contributed by atoms with Gasteiger partial charge in [0.15, 0.2) is 6.29 Å². The highest BCUT2D eigenvalue weighted by Gasteiger charge is 2.44. The van der Waals surface area contributed by atoms with Crippen LogP contribution in [-0.4, -0.2) is 110 Å². The summed E-state index contributed by atoms with van der Waals surface area (Å²) in [6.45, 7) is 3.43.